The molecule has 26 heavy (non-hydrogen) atoms. The Morgan fingerprint density at radius 3 is 2.65 bits per heavy atom. The van der Waals surface area contributed by atoms with Gasteiger partial charge in [0.1, 0.15) is 0 Å². The highest BCUT2D eigenvalue weighted by atomic mass is 15.3. The molecule has 2 heterocycles. The summed E-state index contributed by atoms with van der Waals surface area (Å²) in [5.74, 6) is 1.59. The lowest BCUT2D eigenvalue weighted by atomic mass is 10.2. The summed E-state index contributed by atoms with van der Waals surface area (Å²) in [4.78, 5) is 6.53. The van der Waals surface area contributed by atoms with E-state index in [-0.39, 0.29) is 0 Å². The number of hydrogen-bond acceptors (Lipinski definition) is 4. The first-order valence-electron chi connectivity index (χ1n) is 8.70. The number of benzene rings is 1. The van der Waals surface area contributed by atoms with Crippen LogP contribution in [0.15, 0.2) is 59.7 Å². The summed E-state index contributed by atoms with van der Waals surface area (Å²) in [5, 5.41) is 15.0. The SMILES string of the molecule is CN=C(NCc1nnc2ccccn12)NCC(C)N(C)c1ccccc1. The highest BCUT2D eigenvalue weighted by molar-refractivity contribution is 5.79. The van der Waals surface area contributed by atoms with Gasteiger partial charge in [0.2, 0.25) is 0 Å². The molecule has 1 aromatic carbocycles. The third kappa shape index (κ3) is 4.11. The van der Waals surface area contributed by atoms with Crippen LogP contribution >= 0.6 is 0 Å². The standard InChI is InChI=1S/C19H25N7/c1-15(25(3)16-9-5-4-6-10-16)13-21-19(20-2)22-14-18-24-23-17-11-7-8-12-26(17)18/h4-12,15H,13-14H2,1-3H3,(H2,20,21,22). The van der Waals surface area contributed by atoms with Gasteiger partial charge in [-0.2, -0.15) is 0 Å². The third-order valence-corrected chi connectivity index (χ3v) is 4.41. The van der Waals surface area contributed by atoms with Crippen molar-refractivity contribution in [1.29, 1.82) is 0 Å². The quantitative estimate of drug-likeness (QED) is 0.524. The van der Waals surface area contributed by atoms with Gasteiger partial charge in [0, 0.05) is 38.6 Å². The molecule has 7 nitrogen and oxygen atoms in total. The highest BCUT2D eigenvalue weighted by Crippen LogP contribution is 2.13. The van der Waals surface area contributed by atoms with Crippen molar-refractivity contribution in [3.63, 3.8) is 0 Å². The van der Waals surface area contributed by atoms with Crippen LogP contribution in [0.1, 0.15) is 12.7 Å². The molecule has 0 aliphatic carbocycles. The number of guanidine groups is 1. The summed E-state index contributed by atoms with van der Waals surface area (Å²) >= 11 is 0. The average molecular weight is 351 g/mol. The Kier molecular flexibility index (Phi) is 5.68. The highest BCUT2D eigenvalue weighted by Gasteiger charge is 2.11. The minimum atomic E-state index is 0.310. The van der Waals surface area contributed by atoms with E-state index in [0.717, 1.165) is 24.0 Å². The second kappa shape index (κ2) is 8.33. The number of pyridine rings is 1. The molecule has 3 aromatic rings. The van der Waals surface area contributed by atoms with Crippen LogP contribution in [0.5, 0.6) is 0 Å². The predicted molar refractivity (Wildman–Crippen MR) is 105 cm³/mol. The number of aromatic nitrogens is 3. The first-order valence-corrected chi connectivity index (χ1v) is 8.70. The van der Waals surface area contributed by atoms with Crippen LogP contribution in [-0.4, -0.2) is 47.2 Å². The molecular weight excluding hydrogens is 326 g/mol. The first kappa shape index (κ1) is 17.7. The maximum atomic E-state index is 4.29. The zero-order valence-corrected chi connectivity index (χ0v) is 15.4. The van der Waals surface area contributed by atoms with E-state index in [1.807, 2.05) is 34.9 Å². The lowest BCUT2D eigenvalue weighted by molar-refractivity contribution is 0.646. The van der Waals surface area contributed by atoms with Crippen molar-refractivity contribution >= 4 is 17.3 Å². The molecule has 0 saturated carbocycles. The van der Waals surface area contributed by atoms with E-state index in [4.69, 9.17) is 0 Å². The lowest BCUT2D eigenvalue weighted by Crippen LogP contribution is -2.44. The van der Waals surface area contributed by atoms with Gasteiger partial charge in [-0.05, 0) is 31.2 Å². The lowest BCUT2D eigenvalue weighted by Gasteiger charge is -2.27. The van der Waals surface area contributed by atoms with Crippen molar-refractivity contribution in [3.05, 3.63) is 60.6 Å². The van der Waals surface area contributed by atoms with E-state index in [1.54, 1.807) is 7.05 Å². The van der Waals surface area contributed by atoms with Crippen LogP contribution in [-0.2, 0) is 6.54 Å². The third-order valence-electron chi connectivity index (χ3n) is 4.41. The zero-order chi connectivity index (χ0) is 18.4. The van der Waals surface area contributed by atoms with Crippen molar-refractivity contribution in [2.24, 2.45) is 4.99 Å². The van der Waals surface area contributed by atoms with Crippen LogP contribution in [0.4, 0.5) is 5.69 Å². The number of para-hydroxylation sites is 1. The number of fused-ring (bicyclic) bond motifs is 1. The van der Waals surface area contributed by atoms with Gasteiger partial charge in [-0.25, -0.2) is 0 Å². The van der Waals surface area contributed by atoms with Gasteiger partial charge >= 0.3 is 0 Å². The topological polar surface area (TPSA) is 69.8 Å². The van der Waals surface area contributed by atoms with Gasteiger partial charge in [-0.1, -0.05) is 24.3 Å². The predicted octanol–water partition coefficient (Wildman–Crippen LogP) is 1.92. The van der Waals surface area contributed by atoms with Crippen molar-refractivity contribution in [3.8, 4) is 0 Å². The summed E-state index contributed by atoms with van der Waals surface area (Å²) < 4.78 is 1.96. The van der Waals surface area contributed by atoms with Gasteiger partial charge < -0.3 is 15.5 Å². The monoisotopic (exact) mass is 351 g/mol. The second-order valence-corrected chi connectivity index (χ2v) is 6.15. The molecular formula is C19H25N7. The molecule has 2 aromatic heterocycles. The molecule has 0 radical (unpaired) electrons. The van der Waals surface area contributed by atoms with E-state index < -0.39 is 0 Å². The van der Waals surface area contributed by atoms with Crippen LogP contribution in [0, 0.1) is 0 Å². The summed E-state index contributed by atoms with van der Waals surface area (Å²) in [5.41, 5.74) is 2.03. The Morgan fingerprint density at radius 1 is 1.12 bits per heavy atom. The molecule has 1 atom stereocenters. The van der Waals surface area contributed by atoms with Gasteiger partial charge in [0.05, 0.1) is 6.54 Å². The number of nitrogens with zero attached hydrogens (tertiary/aromatic N) is 5. The summed E-state index contributed by atoms with van der Waals surface area (Å²) in [7, 11) is 3.86. The Bertz CT molecular complexity index is 856. The Morgan fingerprint density at radius 2 is 1.88 bits per heavy atom. The molecule has 0 aliphatic heterocycles. The van der Waals surface area contributed by atoms with Crippen LogP contribution in [0.25, 0.3) is 5.65 Å². The van der Waals surface area contributed by atoms with E-state index in [1.165, 1.54) is 5.69 Å². The summed E-state index contributed by atoms with van der Waals surface area (Å²) in [6.07, 6.45) is 1.96. The maximum absolute atomic E-state index is 4.29. The largest absolute Gasteiger partial charge is 0.370 e. The fourth-order valence-corrected chi connectivity index (χ4v) is 2.69. The maximum Gasteiger partial charge on any atom is 0.191 e. The molecule has 0 bridgehead atoms. The van der Waals surface area contributed by atoms with E-state index in [9.17, 15) is 0 Å². The number of nitrogens with one attached hydrogen (secondary N) is 2. The number of aliphatic imine (C=N–C) groups is 1. The molecule has 0 fully saturated rings. The number of anilines is 1. The first-order chi connectivity index (χ1) is 12.7. The molecule has 3 rings (SSSR count). The Hall–Kier alpha value is -3.09. The van der Waals surface area contributed by atoms with E-state index in [0.29, 0.717) is 12.6 Å². The molecule has 0 aliphatic rings. The van der Waals surface area contributed by atoms with Crippen LogP contribution < -0.4 is 15.5 Å². The van der Waals surface area contributed by atoms with E-state index >= 15 is 0 Å². The molecule has 0 spiro atoms. The Balaban J connectivity index is 1.53. The average Bonchev–Trinajstić information content (AvgIpc) is 3.11. The second-order valence-electron chi connectivity index (χ2n) is 6.15. The fraction of sp³-hybridized carbons (Fsp3) is 0.316. The smallest absolute Gasteiger partial charge is 0.191 e. The van der Waals surface area contributed by atoms with Gasteiger partial charge in [-0.3, -0.25) is 9.39 Å². The van der Waals surface area contributed by atoms with Crippen molar-refractivity contribution < 1.29 is 0 Å². The van der Waals surface area contributed by atoms with Crippen molar-refractivity contribution in [2.75, 3.05) is 25.5 Å². The molecule has 0 amide bonds. The Labute approximate surface area is 153 Å². The number of likely N-dealkylation sites (N-methyl/N-ethyl adjacent to an activating group) is 1. The molecule has 7 heteroatoms. The van der Waals surface area contributed by atoms with Gasteiger partial charge in [0.25, 0.3) is 0 Å². The van der Waals surface area contributed by atoms with Crippen molar-refractivity contribution in [1.82, 2.24) is 25.2 Å². The summed E-state index contributed by atoms with van der Waals surface area (Å²) in [6.45, 7) is 3.50. The minimum absolute atomic E-state index is 0.310. The normalized spacial score (nSPS) is 12.8. The number of rotatable bonds is 6. The fourth-order valence-electron chi connectivity index (χ4n) is 2.69. The van der Waals surface area contributed by atoms with E-state index in [2.05, 4.69) is 69.0 Å². The zero-order valence-electron chi connectivity index (χ0n) is 15.4. The van der Waals surface area contributed by atoms with Gasteiger partial charge in [0.15, 0.2) is 17.4 Å². The van der Waals surface area contributed by atoms with Crippen molar-refractivity contribution in [2.45, 2.75) is 19.5 Å². The summed E-state index contributed by atoms with van der Waals surface area (Å²) in [6, 6.07) is 16.5. The molecule has 0 saturated heterocycles. The molecule has 136 valence electrons. The molecule has 1 unspecified atom stereocenters. The van der Waals surface area contributed by atoms with Gasteiger partial charge in [-0.15, -0.1) is 10.2 Å². The molecule has 2 N–H and O–H groups in total. The number of hydrogen-bond donors (Lipinski definition) is 2. The minimum Gasteiger partial charge on any atom is -0.370 e. The van der Waals surface area contributed by atoms with Crippen LogP contribution in [0.3, 0.4) is 0 Å². The van der Waals surface area contributed by atoms with Crippen LogP contribution in [0.2, 0.25) is 0 Å².